The lowest BCUT2D eigenvalue weighted by atomic mass is 9.98. The molecule has 3 aromatic rings. The van der Waals surface area contributed by atoms with Gasteiger partial charge in [-0.1, -0.05) is 36.4 Å². The smallest absolute Gasteiger partial charge is 0.242 e. The third-order valence-corrected chi connectivity index (χ3v) is 6.44. The molecule has 2 aromatic carbocycles. The fraction of sp³-hybridized carbons (Fsp3) is 0.429. The molecule has 188 valence electrons. The fourth-order valence-electron chi connectivity index (χ4n) is 4.45. The Bertz CT molecular complexity index is 1200. The van der Waals surface area contributed by atoms with Crippen molar-refractivity contribution in [2.45, 2.75) is 45.7 Å². The highest BCUT2D eigenvalue weighted by Crippen LogP contribution is 2.26. The van der Waals surface area contributed by atoms with Crippen molar-refractivity contribution in [3.8, 4) is 34.6 Å². The van der Waals surface area contributed by atoms with E-state index in [2.05, 4.69) is 28.4 Å². The van der Waals surface area contributed by atoms with Gasteiger partial charge in [-0.05, 0) is 63.9 Å². The predicted octanol–water partition coefficient (Wildman–Crippen LogP) is 3.92. The van der Waals surface area contributed by atoms with Crippen LogP contribution in [0.2, 0.25) is 0 Å². The zero-order valence-corrected chi connectivity index (χ0v) is 21.3. The summed E-state index contributed by atoms with van der Waals surface area (Å²) in [6.07, 6.45) is 2.90. The van der Waals surface area contributed by atoms with Crippen LogP contribution in [0.5, 0.6) is 5.75 Å². The number of hydrogen-bond acceptors (Lipinski definition) is 6. The summed E-state index contributed by atoms with van der Waals surface area (Å²) in [6.45, 7) is 6.94. The number of piperidine rings is 1. The molecule has 0 bridgehead atoms. The molecule has 1 fully saturated rings. The number of amides is 1. The van der Waals surface area contributed by atoms with Gasteiger partial charge in [-0.2, -0.15) is 5.26 Å². The molecule has 1 saturated heterocycles. The third-order valence-electron chi connectivity index (χ3n) is 6.44. The van der Waals surface area contributed by atoms with Gasteiger partial charge < -0.3 is 15.0 Å². The minimum atomic E-state index is -0.111. The topological polar surface area (TPSA) is 96.1 Å². The van der Waals surface area contributed by atoms with E-state index < -0.39 is 0 Å². The van der Waals surface area contributed by atoms with Gasteiger partial charge in [-0.3, -0.25) is 4.79 Å². The van der Waals surface area contributed by atoms with Crippen LogP contribution in [-0.4, -0.2) is 58.4 Å². The molecule has 0 radical (unpaired) electrons. The second-order valence-corrected chi connectivity index (χ2v) is 9.56. The van der Waals surface area contributed by atoms with E-state index in [9.17, 15) is 4.79 Å². The van der Waals surface area contributed by atoms with Gasteiger partial charge in [-0.25, -0.2) is 9.67 Å². The van der Waals surface area contributed by atoms with Gasteiger partial charge in [0, 0.05) is 29.6 Å². The maximum atomic E-state index is 12.5. The first-order valence-corrected chi connectivity index (χ1v) is 12.5. The van der Waals surface area contributed by atoms with Crippen molar-refractivity contribution in [1.29, 1.82) is 5.26 Å². The SMILES string of the molecule is COc1cccc(-c2nc(-c3ccc(CCN4CCC(C#N)CC4)cc3)nn2CC(=O)NC(C)C)c1. The van der Waals surface area contributed by atoms with E-state index in [1.54, 1.807) is 11.8 Å². The molecule has 8 heteroatoms. The average Bonchev–Trinajstić information content (AvgIpc) is 3.31. The minimum absolute atomic E-state index is 0.0472. The van der Waals surface area contributed by atoms with Crippen molar-refractivity contribution in [2.75, 3.05) is 26.7 Å². The molecular weight excluding hydrogens is 452 g/mol. The Balaban J connectivity index is 1.50. The number of rotatable bonds is 9. The lowest BCUT2D eigenvalue weighted by Gasteiger charge is -2.28. The van der Waals surface area contributed by atoms with Gasteiger partial charge in [0.15, 0.2) is 11.6 Å². The van der Waals surface area contributed by atoms with E-state index in [4.69, 9.17) is 20.1 Å². The summed E-state index contributed by atoms with van der Waals surface area (Å²) >= 11 is 0. The number of carbonyl (C=O) groups is 1. The fourth-order valence-corrected chi connectivity index (χ4v) is 4.45. The molecule has 36 heavy (non-hydrogen) atoms. The number of hydrogen-bond donors (Lipinski definition) is 1. The molecule has 0 unspecified atom stereocenters. The molecule has 0 atom stereocenters. The average molecular weight is 487 g/mol. The zero-order chi connectivity index (χ0) is 25.5. The molecule has 1 aliphatic heterocycles. The van der Waals surface area contributed by atoms with Crippen molar-refractivity contribution in [2.24, 2.45) is 5.92 Å². The van der Waals surface area contributed by atoms with Gasteiger partial charge >= 0.3 is 0 Å². The molecule has 1 aromatic heterocycles. The normalized spacial score (nSPS) is 14.5. The van der Waals surface area contributed by atoms with Gasteiger partial charge in [0.25, 0.3) is 0 Å². The monoisotopic (exact) mass is 486 g/mol. The number of likely N-dealkylation sites (tertiary alicyclic amines) is 1. The van der Waals surface area contributed by atoms with Crippen LogP contribution < -0.4 is 10.1 Å². The van der Waals surface area contributed by atoms with Crippen LogP contribution in [-0.2, 0) is 17.8 Å². The van der Waals surface area contributed by atoms with Crippen molar-refractivity contribution in [1.82, 2.24) is 25.0 Å². The summed E-state index contributed by atoms with van der Waals surface area (Å²) in [6, 6.07) is 18.4. The van der Waals surface area contributed by atoms with E-state index in [0.717, 1.165) is 55.8 Å². The van der Waals surface area contributed by atoms with Gasteiger partial charge in [-0.15, -0.1) is 5.10 Å². The molecule has 1 N–H and O–H groups in total. The van der Waals surface area contributed by atoms with Gasteiger partial charge in [0.2, 0.25) is 5.91 Å². The summed E-state index contributed by atoms with van der Waals surface area (Å²) in [5, 5.41) is 16.7. The molecular formula is C28H34N6O2. The summed E-state index contributed by atoms with van der Waals surface area (Å²) in [5.41, 5.74) is 2.99. The maximum Gasteiger partial charge on any atom is 0.242 e. The van der Waals surface area contributed by atoms with E-state index in [-0.39, 0.29) is 24.4 Å². The highest BCUT2D eigenvalue weighted by atomic mass is 16.5. The molecule has 2 heterocycles. The van der Waals surface area contributed by atoms with Crippen molar-refractivity contribution in [3.05, 3.63) is 54.1 Å². The van der Waals surface area contributed by atoms with E-state index in [1.165, 1.54) is 5.56 Å². The van der Waals surface area contributed by atoms with E-state index in [0.29, 0.717) is 11.6 Å². The molecule has 0 aliphatic carbocycles. The van der Waals surface area contributed by atoms with E-state index >= 15 is 0 Å². The van der Waals surface area contributed by atoms with Crippen LogP contribution >= 0.6 is 0 Å². The number of nitrogens with zero attached hydrogens (tertiary/aromatic N) is 5. The number of nitrogens with one attached hydrogen (secondary N) is 1. The largest absolute Gasteiger partial charge is 0.497 e. The lowest BCUT2D eigenvalue weighted by molar-refractivity contribution is -0.122. The molecule has 1 amide bonds. The number of nitriles is 1. The Morgan fingerprint density at radius 1 is 1.17 bits per heavy atom. The zero-order valence-electron chi connectivity index (χ0n) is 21.3. The second kappa shape index (κ2) is 11.8. The number of methoxy groups -OCH3 is 1. The summed E-state index contributed by atoms with van der Waals surface area (Å²) in [5.74, 6) is 2.02. The Hall–Kier alpha value is -3.70. The van der Waals surface area contributed by atoms with Crippen LogP contribution in [0.15, 0.2) is 48.5 Å². The van der Waals surface area contributed by atoms with Gasteiger partial charge in [0.05, 0.1) is 13.2 Å². The molecule has 1 aliphatic rings. The summed E-state index contributed by atoms with van der Waals surface area (Å²) < 4.78 is 7.03. The number of carbonyl (C=O) groups excluding carboxylic acids is 1. The van der Waals surface area contributed by atoms with Gasteiger partial charge in [0.1, 0.15) is 12.3 Å². The summed E-state index contributed by atoms with van der Waals surface area (Å²) in [4.78, 5) is 19.8. The first-order chi connectivity index (χ1) is 17.4. The Morgan fingerprint density at radius 2 is 1.92 bits per heavy atom. The summed E-state index contributed by atoms with van der Waals surface area (Å²) in [7, 11) is 1.63. The minimum Gasteiger partial charge on any atom is -0.497 e. The molecule has 8 nitrogen and oxygen atoms in total. The second-order valence-electron chi connectivity index (χ2n) is 9.56. The quantitative estimate of drug-likeness (QED) is 0.492. The highest BCUT2D eigenvalue weighted by Gasteiger charge is 2.19. The Labute approximate surface area is 212 Å². The number of benzene rings is 2. The third kappa shape index (κ3) is 6.49. The van der Waals surface area contributed by atoms with Crippen LogP contribution in [0.3, 0.4) is 0 Å². The Morgan fingerprint density at radius 3 is 2.58 bits per heavy atom. The standard InChI is InChI=1S/C28H34N6O2/c1-20(2)30-26(35)19-34-28(24-5-4-6-25(17-24)36-3)31-27(32-34)23-9-7-21(8-10-23)11-14-33-15-12-22(18-29)13-16-33/h4-10,17,20,22H,11-16,19H2,1-3H3,(H,30,35). The van der Waals surface area contributed by atoms with Crippen molar-refractivity contribution >= 4 is 5.91 Å². The van der Waals surface area contributed by atoms with Crippen molar-refractivity contribution < 1.29 is 9.53 Å². The lowest BCUT2D eigenvalue weighted by Crippen LogP contribution is -2.34. The number of aromatic nitrogens is 3. The van der Waals surface area contributed by atoms with Crippen LogP contribution in [0.4, 0.5) is 0 Å². The highest BCUT2D eigenvalue weighted by molar-refractivity contribution is 5.77. The van der Waals surface area contributed by atoms with Crippen molar-refractivity contribution in [3.63, 3.8) is 0 Å². The first kappa shape index (κ1) is 25.4. The maximum absolute atomic E-state index is 12.5. The first-order valence-electron chi connectivity index (χ1n) is 12.5. The molecule has 0 saturated carbocycles. The molecule has 4 rings (SSSR count). The number of ether oxygens (including phenoxy) is 1. The van der Waals surface area contributed by atoms with Crippen LogP contribution in [0, 0.1) is 17.2 Å². The Kier molecular flexibility index (Phi) is 8.34. The predicted molar refractivity (Wildman–Crippen MR) is 139 cm³/mol. The van der Waals surface area contributed by atoms with E-state index in [1.807, 2.05) is 50.2 Å². The van der Waals surface area contributed by atoms with Crippen LogP contribution in [0.25, 0.3) is 22.8 Å². The molecule has 0 spiro atoms. The van der Waals surface area contributed by atoms with Crippen LogP contribution in [0.1, 0.15) is 32.3 Å².